The van der Waals surface area contributed by atoms with E-state index in [2.05, 4.69) is 0 Å². The van der Waals surface area contributed by atoms with Crippen LogP contribution in [0.2, 0.25) is 0 Å². The van der Waals surface area contributed by atoms with Gasteiger partial charge in [0.1, 0.15) is 19.5 Å². The van der Waals surface area contributed by atoms with Crippen LogP contribution in [-0.4, -0.2) is 59.4 Å². The van der Waals surface area contributed by atoms with Crippen LogP contribution in [0.4, 0.5) is 0 Å². The van der Waals surface area contributed by atoms with Gasteiger partial charge in [-0.3, -0.25) is 20.2 Å². The molecule has 0 aromatic carbocycles. The number of nitro groups is 2. The van der Waals surface area contributed by atoms with Crippen LogP contribution in [0.3, 0.4) is 0 Å². The first-order valence-corrected chi connectivity index (χ1v) is 6.38. The number of hydrogen-bond acceptors (Lipinski definition) is 6. The second-order valence-corrected chi connectivity index (χ2v) is 5.50. The number of methoxy groups -OCH3 is 1. The van der Waals surface area contributed by atoms with Gasteiger partial charge in [0.15, 0.2) is 12.3 Å². The molecule has 0 radical (unpaired) electrons. The van der Waals surface area contributed by atoms with Crippen LogP contribution < -0.4 is 4.90 Å². The molecule has 0 aromatic heterocycles. The van der Waals surface area contributed by atoms with Gasteiger partial charge in [-0.15, -0.1) is 0 Å². The number of likely N-dealkylation sites (tertiary alicyclic amines) is 1. The van der Waals surface area contributed by atoms with Crippen LogP contribution in [0.5, 0.6) is 0 Å². The summed E-state index contributed by atoms with van der Waals surface area (Å²) in [5.74, 6) is 0.190. The third kappa shape index (κ3) is 2.02. The van der Waals surface area contributed by atoms with Crippen LogP contribution in [-0.2, 0) is 4.74 Å². The lowest BCUT2D eigenvalue weighted by molar-refractivity contribution is -0.944. The molecule has 0 saturated carbocycles. The molecular formula is C11H18N3O6+. The molecule has 2 aliphatic rings. The molecule has 0 aromatic rings. The van der Waals surface area contributed by atoms with E-state index >= 15 is 0 Å². The van der Waals surface area contributed by atoms with Crippen LogP contribution in [0, 0.1) is 20.2 Å². The van der Waals surface area contributed by atoms with E-state index in [1.165, 1.54) is 13.2 Å². The lowest BCUT2D eigenvalue weighted by Gasteiger charge is -2.42. The Labute approximate surface area is 115 Å². The van der Waals surface area contributed by atoms with Gasteiger partial charge in [-0.1, -0.05) is 0 Å². The summed E-state index contributed by atoms with van der Waals surface area (Å²) in [4.78, 5) is 22.8. The number of aliphatic hydroxyl groups excluding tert-OH is 1. The number of ether oxygens (including phenoxy) is 1. The van der Waals surface area contributed by atoms with Crippen molar-refractivity contribution in [2.24, 2.45) is 0 Å². The quantitative estimate of drug-likeness (QED) is 0.456. The summed E-state index contributed by atoms with van der Waals surface area (Å²) in [7, 11) is 1.34. The van der Waals surface area contributed by atoms with Gasteiger partial charge in [0.2, 0.25) is 0 Å². The zero-order valence-corrected chi connectivity index (χ0v) is 11.2. The van der Waals surface area contributed by atoms with Crippen molar-refractivity contribution in [3.05, 3.63) is 32.1 Å². The van der Waals surface area contributed by atoms with Gasteiger partial charge in [0, 0.05) is 16.3 Å². The maximum Gasteiger partial charge on any atom is 0.331 e. The second kappa shape index (κ2) is 4.98. The normalized spacial score (nSPS) is 36.1. The summed E-state index contributed by atoms with van der Waals surface area (Å²) in [6.07, 6.45) is 1.44. The van der Waals surface area contributed by atoms with Gasteiger partial charge in [0.25, 0.3) is 5.54 Å². The third-order valence-electron chi connectivity index (χ3n) is 4.29. The molecule has 2 N–H and O–H groups in total. The van der Waals surface area contributed by atoms with Crippen molar-refractivity contribution in [1.29, 1.82) is 0 Å². The van der Waals surface area contributed by atoms with Crippen LogP contribution in [0.25, 0.3) is 0 Å². The highest BCUT2D eigenvalue weighted by Gasteiger charge is 2.69. The molecular weight excluding hydrogens is 270 g/mol. The Hall–Kier alpha value is -1.74. The standard InChI is InChI=1S/C11H17N3O6/c1-20-9-2-3-10(13(16)17)6-11(9,14(18)19)8-12(7-10)4-5-15/h2,15H,3-8H2,1H3/p+1/t10-,11+/m1/s1. The monoisotopic (exact) mass is 288 g/mol. The molecule has 112 valence electrons. The summed E-state index contributed by atoms with van der Waals surface area (Å²) in [5, 5.41) is 32.0. The zero-order valence-electron chi connectivity index (χ0n) is 11.2. The molecule has 2 bridgehead atoms. The first-order chi connectivity index (χ1) is 9.40. The number of rotatable bonds is 5. The summed E-state index contributed by atoms with van der Waals surface area (Å²) in [6.45, 7) is 0.366. The lowest BCUT2D eigenvalue weighted by atomic mass is 9.71. The zero-order chi connectivity index (χ0) is 15.0. The van der Waals surface area contributed by atoms with Crippen molar-refractivity contribution in [3.8, 4) is 0 Å². The van der Waals surface area contributed by atoms with E-state index in [1.807, 2.05) is 0 Å². The van der Waals surface area contributed by atoms with E-state index in [0.29, 0.717) is 4.90 Å². The number of aliphatic hydroxyl groups is 1. The van der Waals surface area contributed by atoms with Crippen LogP contribution >= 0.6 is 0 Å². The lowest BCUT2D eigenvalue weighted by Crippen LogP contribution is -3.18. The number of quaternary nitrogens is 1. The van der Waals surface area contributed by atoms with E-state index in [1.54, 1.807) is 0 Å². The third-order valence-corrected chi connectivity index (χ3v) is 4.29. The summed E-state index contributed by atoms with van der Waals surface area (Å²) in [6, 6.07) is 0. The average molecular weight is 288 g/mol. The van der Waals surface area contributed by atoms with Crippen molar-refractivity contribution in [1.82, 2.24) is 0 Å². The Kier molecular flexibility index (Phi) is 3.65. The molecule has 1 fully saturated rings. The average Bonchev–Trinajstić information content (AvgIpc) is 2.38. The van der Waals surface area contributed by atoms with E-state index in [-0.39, 0.29) is 44.8 Å². The first-order valence-electron chi connectivity index (χ1n) is 6.38. The van der Waals surface area contributed by atoms with E-state index < -0.39 is 20.9 Å². The van der Waals surface area contributed by atoms with Gasteiger partial charge in [-0.05, 0) is 6.08 Å². The minimum atomic E-state index is -1.57. The SMILES string of the molecule is COC1=CC[C@]2([N+](=O)[O-])C[NH+](CCO)C[C@@]1([N+](=O)[O-])C2. The molecule has 20 heavy (non-hydrogen) atoms. The maximum absolute atomic E-state index is 11.6. The largest absolute Gasteiger partial charge is 0.494 e. The fourth-order valence-corrected chi connectivity index (χ4v) is 3.43. The van der Waals surface area contributed by atoms with Gasteiger partial charge in [-0.2, -0.15) is 0 Å². The molecule has 1 saturated heterocycles. The summed E-state index contributed by atoms with van der Waals surface area (Å²) >= 11 is 0. The van der Waals surface area contributed by atoms with Gasteiger partial charge in [-0.25, -0.2) is 0 Å². The molecule has 3 atom stereocenters. The highest BCUT2D eigenvalue weighted by atomic mass is 16.6. The fraction of sp³-hybridized carbons (Fsp3) is 0.818. The van der Waals surface area contributed by atoms with E-state index in [9.17, 15) is 20.2 Å². The van der Waals surface area contributed by atoms with E-state index in [0.717, 1.165) is 0 Å². The maximum atomic E-state index is 11.6. The smallest absolute Gasteiger partial charge is 0.331 e. The Balaban J connectivity index is 2.49. The number of fused-ring (bicyclic) bond motifs is 2. The predicted octanol–water partition coefficient (Wildman–Crippen LogP) is -1.77. The molecule has 2 rings (SSSR count). The van der Waals surface area contributed by atoms with Gasteiger partial charge < -0.3 is 14.7 Å². The molecule has 1 aliphatic heterocycles. The first kappa shape index (κ1) is 14.7. The number of nitrogens with zero attached hydrogens (tertiary/aromatic N) is 2. The highest BCUT2D eigenvalue weighted by Crippen LogP contribution is 2.40. The molecule has 1 unspecified atom stereocenters. The van der Waals surface area contributed by atoms with Crippen LogP contribution in [0.15, 0.2) is 11.8 Å². The Morgan fingerprint density at radius 1 is 1.40 bits per heavy atom. The molecule has 0 amide bonds. The second-order valence-electron chi connectivity index (χ2n) is 5.50. The number of hydrogen-bond donors (Lipinski definition) is 2. The Morgan fingerprint density at radius 2 is 2.10 bits per heavy atom. The van der Waals surface area contributed by atoms with Gasteiger partial charge in [0.05, 0.1) is 13.7 Å². The molecule has 1 aliphatic carbocycles. The summed E-state index contributed by atoms with van der Waals surface area (Å²) in [5.41, 5.74) is -2.92. The van der Waals surface area contributed by atoms with Gasteiger partial charge >= 0.3 is 5.54 Å². The Bertz CT molecular complexity index is 467. The van der Waals surface area contributed by atoms with Crippen molar-refractivity contribution >= 4 is 0 Å². The van der Waals surface area contributed by atoms with Crippen molar-refractivity contribution < 1.29 is 24.6 Å². The Morgan fingerprint density at radius 3 is 2.60 bits per heavy atom. The molecule has 9 heteroatoms. The van der Waals surface area contributed by atoms with Crippen molar-refractivity contribution in [2.75, 3.05) is 33.4 Å². The molecule has 1 heterocycles. The number of nitrogens with one attached hydrogen (secondary N) is 1. The summed E-state index contributed by atoms with van der Waals surface area (Å²) < 4.78 is 5.11. The minimum Gasteiger partial charge on any atom is -0.494 e. The molecule has 0 spiro atoms. The van der Waals surface area contributed by atoms with E-state index in [4.69, 9.17) is 9.84 Å². The van der Waals surface area contributed by atoms with Crippen molar-refractivity contribution in [2.45, 2.75) is 23.9 Å². The fourth-order valence-electron chi connectivity index (χ4n) is 3.43. The highest BCUT2D eigenvalue weighted by molar-refractivity contribution is 5.20. The van der Waals surface area contributed by atoms with Crippen molar-refractivity contribution in [3.63, 3.8) is 0 Å². The predicted molar refractivity (Wildman–Crippen MR) is 66.4 cm³/mol. The topological polar surface area (TPSA) is 120 Å². The molecule has 9 nitrogen and oxygen atoms in total. The minimum absolute atomic E-state index is 0.0931. The van der Waals surface area contributed by atoms with Crippen LogP contribution in [0.1, 0.15) is 12.8 Å². The number of piperidine rings is 1.